The number of piperidine rings is 1. The minimum absolute atomic E-state index is 0.164. The first-order chi connectivity index (χ1) is 8.61. The van der Waals surface area contributed by atoms with Gasteiger partial charge in [0.25, 0.3) is 0 Å². The van der Waals surface area contributed by atoms with Gasteiger partial charge in [0.1, 0.15) is 0 Å². The fraction of sp³-hybridized carbons (Fsp3) is 0.714. The van der Waals surface area contributed by atoms with Gasteiger partial charge in [0, 0.05) is 25.2 Å². The maximum atomic E-state index is 11.7. The molecule has 2 rings (SSSR count). The second-order valence-corrected chi connectivity index (χ2v) is 5.56. The molecule has 0 atom stereocenters. The molecule has 1 amide bonds. The first kappa shape index (κ1) is 13.1. The lowest BCUT2D eigenvalue weighted by atomic mass is 9.68. The second-order valence-electron chi connectivity index (χ2n) is 5.56. The predicted molar refractivity (Wildman–Crippen MR) is 68.1 cm³/mol. The Morgan fingerprint density at radius 2 is 1.56 bits per heavy atom. The minimum Gasteiger partial charge on any atom is -0.478 e. The average molecular weight is 251 g/mol. The Balaban J connectivity index is 1.86. The summed E-state index contributed by atoms with van der Waals surface area (Å²) < 4.78 is 0. The van der Waals surface area contributed by atoms with Crippen molar-refractivity contribution in [2.45, 2.75) is 44.9 Å². The van der Waals surface area contributed by atoms with Crippen molar-refractivity contribution in [1.29, 1.82) is 0 Å². The molecule has 18 heavy (non-hydrogen) atoms. The van der Waals surface area contributed by atoms with Crippen LogP contribution in [0.3, 0.4) is 0 Å². The molecule has 1 aliphatic heterocycles. The number of carboxylic acids is 1. The van der Waals surface area contributed by atoms with Crippen LogP contribution in [0, 0.1) is 5.41 Å². The van der Waals surface area contributed by atoms with Crippen LogP contribution in [0.5, 0.6) is 0 Å². The van der Waals surface area contributed by atoms with Crippen LogP contribution in [0.25, 0.3) is 0 Å². The summed E-state index contributed by atoms with van der Waals surface area (Å²) in [6.07, 6.45) is 10.9. The lowest BCUT2D eigenvalue weighted by Gasteiger charge is -2.44. The Morgan fingerprint density at radius 1 is 0.944 bits per heavy atom. The van der Waals surface area contributed by atoms with E-state index in [1.54, 1.807) is 4.90 Å². The van der Waals surface area contributed by atoms with Crippen molar-refractivity contribution in [3.8, 4) is 0 Å². The Labute approximate surface area is 108 Å². The summed E-state index contributed by atoms with van der Waals surface area (Å²) in [4.78, 5) is 23.9. The van der Waals surface area contributed by atoms with Gasteiger partial charge in [-0.3, -0.25) is 4.79 Å². The molecular weight excluding hydrogens is 230 g/mol. The van der Waals surface area contributed by atoms with Gasteiger partial charge >= 0.3 is 5.97 Å². The van der Waals surface area contributed by atoms with Crippen molar-refractivity contribution in [1.82, 2.24) is 4.90 Å². The third-order valence-corrected chi connectivity index (χ3v) is 4.42. The van der Waals surface area contributed by atoms with Crippen molar-refractivity contribution in [2.75, 3.05) is 13.1 Å². The van der Waals surface area contributed by atoms with E-state index in [4.69, 9.17) is 5.11 Å². The molecule has 1 heterocycles. The third-order valence-electron chi connectivity index (χ3n) is 4.42. The van der Waals surface area contributed by atoms with Gasteiger partial charge in [0.15, 0.2) is 0 Å². The Morgan fingerprint density at radius 3 is 2.11 bits per heavy atom. The monoisotopic (exact) mass is 251 g/mol. The van der Waals surface area contributed by atoms with E-state index in [2.05, 4.69) is 0 Å². The van der Waals surface area contributed by atoms with Crippen molar-refractivity contribution in [2.24, 2.45) is 5.41 Å². The lowest BCUT2D eigenvalue weighted by molar-refractivity contribution is -0.133. The van der Waals surface area contributed by atoms with E-state index < -0.39 is 5.97 Å². The Bertz CT molecular complexity index is 346. The first-order valence-electron chi connectivity index (χ1n) is 6.81. The highest BCUT2D eigenvalue weighted by atomic mass is 16.4. The number of hydrogen-bond acceptors (Lipinski definition) is 2. The molecule has 2 fully saturated rings. The van der Waals surface area contributed by atoms with E-state index in [9.17, 15) is 9.59 Å². The molecule has 0 bridgehead atoms. The Kier molecular flexibility index (Phi) is 4.04. The molecule has 0 aromatic rings. The molecular formula is C14H21NO3. The summed E-state index contributed by atoms with van der Waals surface area (Å²) in [5, 5.41) is 8.50. The molecule has 1 spiro atoms. The zero-order valence-corrected chi connectivity index (χ0v) is 10.7. The number of hydrogen-bond donors (Lipinski definition) is 1. The van der Waals surface area contributed by atoms with Crippen LogP contribution in [0.15, 0.2) is 12.2 Å². The second kappa shape index (κ2) is 5.55. The standard InChI is InChI=1S/C14H21NO3/c16-12(4-5-13(17)18)15-10-8-14(9-11-15)6-2-1-3-7-14/h4-5H,1-3,6-11H2,(H,17,18)/b5-4+. The number of rotatable bonds is 2. The number of amides is 1. The van der Waals surface area contributed by atoms with Crippen molar-refractivity contribution < 1.29 is 14.7 Å². The van der Waals surface area contributed by atoms with Crippen molar-refractivity contribution in [3.63, 3.8) is 0 Å². The van der Waals surface area contributed by atoms with Crippen molar-refractivity contribution in [3.05, 3.63) is 12.2 Å². The fourth-order valence-electron chi connectivity index (χ4n) is 3.25. The summed E-state index contributed by atoms with van der Waals surface area (Å²) in [6.45, 7) is 1.56. The summed E-state index contributed by atoms with van der Waals surface area (Å²) >= 11 is 0. The van der Waals surface area contributed by atoms with Gasteiger partial charge < -0.3 is 10.0 Å². The maximum Gasteiger partial charge on any atom is 0.328 e. The zero-order chi connectivity index (χ0) is 13.0. The number of carbonyl (C=O) groups is 2. The van der Waals surface area contributed by atoms with Crippen LogP contribution in [0.2, 0.25) is 0 Å². The quantitative estimate of drug-likeness (QED) is 0.765. The third kappa shape index (κ3) is 3.12. The van der Waals surface area contributed by atoms with E-state index >= 15 is 0 Å². The molecule has 2 aliphatic rings. The molecule has 4 heteroatoms. The van der Waals surface area contributed by atoms with Gasteiger partial charge in [0.2, 0.25) is 5.91 Å². The number of carboxylic acid groups (broad SMARTS) is 1. The van der Waals surface area contributed by atoms with Gasteiger partial charge in [-0.15, -0.1) is 0 Å². The molecule has 4 nitrogen and oxygen atoms in total. The first-order valence-corrected chi connectivity index (χ1v) is 6.81. The smallest absolute Gasteiger partial charge is 0.328 e. The molecule has 1 saturated carbocycles. The summed E-state index contributed by atoms with van der Waals surface area (Å²) in [7, 11) is 0. The van der Waals surface area contributed by atoms with Gasteiger partial charge in [-0.2, -0.15) is 0 Å². The van der Waals surface area contributed by atoms with E-state index in [0.717, 1.165) is 32.0 Å². The Hall–Kier alpha value is -1.32. The molecule has 1 saturated heterocycles. The lowest BCUT2D eigenvalue weighted by Crippen LogP contribution is -2.43. The maximum absolute atomic E-state index is 11.7. The van der Waals surface area contributed by atoms with Gasteiger partial charge in [-0.1, -0.05) is 19.3 Å². The van der Waals surface area contributed by atoms with Gasteiger partial charge in [-0.05, 0) is 31.1 Å². The summed E-state index contributed by atoms with van der Waals surface area (Å²) in [5.74, 6) is -1.23. The van der Waals surface area contributed by atoms with Crippen LogP contribution >= 0.6 is 0 Å². The zero-order valence-electron chi connectivity index (χ0n) is 10.7. The number of aliphatic carboxylic acids is 1. The molecule has 0 aromatic carbocycles. The minimum atomic E-state index is -1.07. The molecule has 1 N–H and O–H groups in total. The highest BCUT2D eigenvalue weighted by Gasteiger charge is 2.36. The predicted octanol–water partition coefficient (Wildman–Crippen LogP) is 2.20. The average Bonchev–Trinajstić information content (AvgIpc) is 2.38. The van der Waals surface area contributed by atoms with Crippen LogP contribution in [0.4, 0.5) is 0 Å². The van der Waals surface area contributed by atoms with Crippen LogP contribution in [-0.4, -0.2) is 35.0 Å². The molecule has 0 unspecified atom stereocenters. The molecule has 0 radical (unpaired) electrons. The van der Waals surface area contributed by atoms with E-state index in [1.807, 2.05) is 0 Å². The summed E-state index contributed by atoms with van der Waals surface area (Å²) in [6, 6.07) is 0. The fourth-order valence-corrected chi connectivity index (χ4v) is 3.25. The SMILES string of the molecule is O=C(O)/C=C/C(=O)N1CCC2(CCCCC2)CC1. The van der Waals surface area contributed by atoms with E-state index in [1.165, 1.54) is 38.2 Å². The summed E-state index contributed by atoms with van der Waals surface area (Å²) in [5.41, 5.74) is 0.478. The van der Waals surface area contributed by atoms with Crippen LogP contribution in [-0.2, 0) is 9.59 Å². The van der Waals surface area contributed by atoms with E-state index in [-0.39, 0.29) is 5.91 Å². The normalized spacial score (nSPS) is 23.4. The molecule has 0 aromatic heterocycles. The van der Waals surface area contributed by atoms with Gasteiger partial charge in [0.05, 0.1) is 0 Å². The topological polar surface area (TPSA) is 57.6 Å². The molecule has 1 aliphatic carbocycles. The number of carbonyl (C=O) groups excluding carboxylic acids is 1. The number of nitrogens with zero attached hydrogens (tertiary/aromatic N) is 1. The largest absolute Gasteiger partial charge is 0.478 e. The van der Waals surface area contributed by atoms with E-state index in [0.29, 0.717) is 5.41 Å². The molecule has 100 valence electrons. The van der Waals surface area contributed by atoms with Gasteiger partial charge in [-0.25, -0.2) is 4.79 Å². The highest BCUT2D eigenvalue weighted by Crippen LogP contribution is 2.44. The highest BCUT2D eigenvalue weighted by molar-refractivity contribution is 5.93. The van der Waals surface area contributed by atoms with Crippen LogP contribution < -0.4 is 0 Å². The van der Waals surface area contributed by atoms with Crippen LogP contribution in [0.1, 0.15) is 44.9 Å². The number of likely N-dealkylation sites (tertiary alicyclic amines) is 1. The van der Waals surface area contributed by atoms with Crippen molar-refractivity contribution >= 4 is 11.9 Å².